The second kappa shape index (κ2) is 8.24. The molecule has 2 heterocycles. The first-order valence-electron chi connectivity index (χ1n) is 11.3. The molecule has 0 aliphatic carbocycles. The molecule has 3 aromatic carbocycles. The Kier molecular flexibility index (Phi) is 5.25. The number of aryl methyl sites for hydroxylation is 1. The molecule has 33 heavy (non-hydrogen) atoms. The summed E-state index contributed by atoms with van der Waals surface area (Å²) in [6, 6.07) is 23.4. The number of carbonyl (C=O) groups is 2. The second-order valence-electron chi connectivity index (χ2n) is 8.96. The second-order valence-corrected chi connectivity index (χ2v) is 8.96. The third-order valence-corrected chi connectivity index (χ3v) is 6.46. The lowest BCUT2D eigenvalue weighted by atomic mass is 9.97. The van der Waals surface area contributed by atoms with E-state index in [1.54, 1.807) is 4.90 Å². The smallest absolute Gasteiger partial charge is 0.255 e. The van der Waals surface area contributed by atoms with E-state index in [4.69, 9.17) is 0 Å². The first-order chi connectivity index (χ1) is 15.9. The molecule has 1 aromatic heterocycles. The number of aromatic nitrogens is 1. The van der Waals surface area contributed by atoms with E-state index in [0.29, 0.717) is 11.5 Å². The molecular formula is C28H27N3O2. The number of hydrogen-bond donors (Lipinski definition) is 1. The molecule has 1 aliphatic rings. The SMILES string of the molecule is CC(C)c1ccc(NC(=O)CN2C(=O)c3ccccc3[C@@H]2c2cn(C)c3ccccc23)cc1. The Balaban J connectivity index is 1.48. The highest BCUT2D eigenvalue weighted by atomic mass is 16.2. The lowest BCUT2D eigenvalue weighted by Gasteiger charge is -2.25. The number of hydrogen-bond acceptors (Lipinski definition) is 2. The monoisotopic (exact) mass is 437 g/mol. The van der Waals surface area contributed by atoms with Crippen LogP contribution in [0.1, 0.15) is 52.9 Å². The average molecular weight is 438 g/mol. The molecule has 0 unspecified atom stereocenters. The molecule has 2 amide bonds. The number of anilines is 1. The first-order valence-corrected chi connectivity index (χ1v) is 11.3. The fourth-order valence-corrected chi connectivity index (χ4v) is 4.77. The minimum atomic E-state index is -0.311. The van der Waals surface area contributed by atoms with E-state index in [9.17, 15) is 9.59 Å². The Hall–Kier alpha value is -3.86. The third kappa shape index (κ3) is 3.69. The van der Waals surface area contributed by atoms with Gasteiger partial charge < -0.3 is 14.8 Å². The fourth-order valence-electron chi connectivity index (χ4n) is 4.77. The molecule has 5 heteroatoms. The molecule has 166 valence electrons. The topological polar surface area (TPSA) is 54.3 Å². The largest absolute Gasteiger partial charge is 0.350 e. The van der Waals surface area contributed by atoms with Gasteiger partial charge in [-0.1, -0.05) is 62.4 Å². The Morgan fingerprint density at radius 3 is 2.39 bits per heavy atom. The van der Waals surface area contributed by atoms with Crippen LogP contribution in [0.2, 0.25) is 0 Å². The highest BCUT2D eigenvalue weighted by Crippen LogP contribution is 2.41. The molecule has 5 nitrogen and oxygen atoms in total. The van der Waals surface area contributed by atoms with Gasteiger partial charge in [0.1, 0.15) is 6.54 Å². The van der Waals surface area contributed by atoms with Crippen molar-refractivity contribution in [2.45, 2.75) is 25.8 Å². The van der Waals surface area contributed by atoms with Crippen molar-refractivity contribution in [2.75, 3.05) is 11.9 Å². The number of carbonyl (C=O) groups excluding carboxylic acids is 2. The van der Waals surface area contributed by atoms with E-state index >= 15 is 0 Å². The molecule has 0 bridgehead atoms. The predicted molar refractivity (Wildman–Crippen MR) is 131 cm³/mol. The number of fused-ring (bicyclic) bond motifs is 2. The Bertz CT molecular complexity index is 1350. The molecule has 1 atom stereocenters. The summed E-state index contributed by atoms with van der Waals surface area (Å²) in [5, 5.41) is 4.05. The quantitative estimate of drug-likeness (QED) is 0.449. The number of para-hydroxylation sites is 1. The standard InChI is InChI=1S/C28H27N3O2/c1-18(2)19-12-14-20(15-13-19)29-26(32)17-31-27(22-9-4-5-10-23(22)28(31)33)24-16-30(3)25-11-7-6-8-21(24)25/h4-16,18,27H,17H2,1-3H3,(H,29,32)/t27-/m1/s1. The van der Waals surface area contributed by atoms with Gasteiger partial charge in [-0.3, -0.25) is 9.59 Å². The maximum absolute atomic E-state index is 13.4. The van der Waals surface area contributed by atoms with Crippen molar-refractivity contribution in [1.82, 2.24) is 9.47 Å². The molecule has 0 radical (unpaired) electrons. The number of benzene rings is 3. The summed E-state index contributed by atoms with van der Waals surface area (Å²) in [5.41, 5.74) is 5.67. The van der Waals surface area contributed by atoms with Crippen molar-refractivity contribution in [3.63, 3.8) is 0 Å². The van der Waals surface area contributed by atoms with Gasteiger partial charge in [-0.15, -0.1) is 0 Å². The van der Waals surface area contributed by atoms with Gasteiger partial charge in [-0.2, -0.15) is 0 Å². The molecule has 0 saturated carbocycles. The highest BCUT2D eigenvalue weighted by molar-refractivity contribution is 6.04. The summed E-state index contributed by atoms with van der Waals surface area (Å²) in [7, 11) is 2.01. The summed E-state index contributed by atoms with van der Waals surface area (Å²) >= 11 is 0. The van der Waals surface area contributed by atoms with E-state index in [1.807, 2.05) is 67.7 Å². The van der Waals surface area contributed by atoms with Crippen LogP contribution < -0.4 is 5.32 Å². The van der Waals surface area contributed by atoms with Crippen molar-refractivity contribution < 1.29 is 9.59 Å². The number of nitrogens with one attached hydrogen (secondary N) is 1. The first kappa shape index (κ1) is 21.0. The zero-order chi connectivity index (χ0) is 23.1. The van der Waals surface area contributed by atoms with Crippen molar-refractivity contribution in [3.05, 3.63) is 101 Å². The molecule has 0 saturated heterocycles. The van der Waals surface area contributed by atoms with Crippen molar-refractivity contribution in [1.29, 1.82) is 0 Å². The summed E-state index contributed by atoms with van der Waals surface area (Å²) in [6.45, 7) is 4.25. The summed E-state index contributed by atoms with van der Waals surface area (Å²) in [4.78, 5) is 28.1. The van der Waals surface area contributed by atoms with Crippen LogP contribution in [0, 0.1) is 0 Å². The molecule has 0 fully saturated rings. The van der Waals surface area contributed by atoms with Gasteiger partial charge in [0.25, 0.3) is 5.91 Å². The van der Waals surface area contributed by atoms with E-state index in [-0.39, 0.29) is 24.4 Å². The van der Waals surface area contributed by atoms with Crippen LogP contribution in [0.3, 0.4) is 0 Å². The van der Waals surface area contributed by atoms with Crippen molar-refractivity contribution in [2.24, 2.45) is 7.05 Å². The van der Waals surface area contributed by atoms with Crippen molar-refractivity contribution >= 4 is 28.4 Å². The van der Waals surface area contributed by atoms with Crippen LogP contribution in [-0.4, -0.2) is 27.8 Å². The molecule has 1 aliphatic heterocycles. The highest BCUT2D eigenvalue weighted by Gasteiger charge is 2.39. The van der Waals surface area contributed by atoms with Gasteiger partial charge in [-0.05, 0) is 41.3 Å². The minimum absolute atomic E-state index is 0.0205. The van der Waals surface area contributed by atoms with Gasteiger partial charge in [0, 0.05) is 41.0 Å². The predicted octanol–water partition coefficient (Wildman–Crippen LogP) is 5.49. The fraction of sp³-hybridized carbons (Fsp3) is 0.214. The van der Waals surface area contributed by atoms with E-state index in [0.717, 1.165) is 27.7 Å². The number of amides is 2. The van der Waals surface area contributed by atoms with Crippen LogP contribution in [-0.2, 0) is 11.8 Å². The molecule has 1 N–H and O–H groups in total. The summed E-state index contributed by atoms with van der Waals surface area (Å²) in [6.07, 6.45) is 2.07. The van der Waals surface area contributed by atoms with Gasteiger partial charge >= 0.3 is 0 Å². The van der Waals surface area contributed by atoms with Crippen LogP contribution in [0.4, 0.5) is 5.69 Å². The Morgan fingerprint density at radius 2 is 1.64 bits per heavy atom. The Labute approximate surface area is 193 Å². The lowest BCUT2D eigenvalue weighted by Crippen LogP contribution is -2.36. The molecule has 4 aromatic rings. The van der Waals surface area contributed by atoms with E-state index in [1.165, 1.54) is 5.56 Å². The molecule has 0 spiro atoms. The molecule has 5 rings (SSSR count). The summed E-state index contributed by atoms with van der Waals surface area (Å²) < 4.78 is 2.07. The summed E-state index contributed by atoms with van der Waals surface area (Å²) in [5.74, 6) is 0.101. The van der Waals surface area contributed by atoms with Crippen LogP contribution in [0.5, 0.6) is 0 Å². The number of rotatable bonds is 5. The van der Waals surface area contributed by atoms with E-state index < -0.39 is 0 Å². The maximum atomic E-state index is 13.4. The zero-order valence-corrected chi connectivity index (χ0v) is 19.1. The average Bonchev–Trinajstić information content (AvgIpc) is 3.28. The van der Waals surface area contributed by atoms with Crippen LogP contribution in [0.25, 0.3) is 10.9 Å². The van der Waals surface area contributed by atoms with E-state index in [2.05, 4.69) is 42.1 Å². The van der Waals surface area contributed by atoms with Crippen molar-refractivity contribution in [3.8, 4) is 0 Å². The van der Waals surface area contributed by atoms with Gasteiger partial charge in [-0.25, -0.2) is 0 Å². The third-order valence-electron chi connectivity index (χ3n) is 6.46. The van der Waals surface area contributed by atoms with Gasteiger partial charge in [0.15, 0.2) is 0 Å². The maximum Gasteiger partial charge on any atom is 0.255 e. The Morgan fingerprint density at radius 1 is 0.939 bits per heavy atom. The van der Waals surface area contributed by atoms with Crippen LogP contribution >= 0.6 is 0 Å². The van der Waals surface area contributed by atoms with Crippen LogP contribution in [0.15, 0.2) is 79.0 Å². The lowest BCUT2D eigenvalue weighted by molar-refractivity contribution is -0.117. The number of nitrogens with zero attached hydrogens (tertiary/aromatic N) is 2. The van der Waals surface area contributed by atoms with Gasteiger partial charge in [0.2, 0.25) is 5.91 Å². The normalized spacial score (nSPS) is 15.3. The van der Waals surface area contributed by atoms with Gasteiger partial charge in [0.05, 0.1) is 6.04 Å². The zero-order valence-electron chi connectivity index (χ0n) is 19.1. The molecular weight excluding hydrogens is 410 g/mol. The minimum Gasteiger partial charge on any atom is -0.350 e.